The standard InChI is InChI=1S/C15H20FN3/c1-13(11-14-5-2-6-15(16)12-14)17-7-3-9-19-10-4-8-18-19/h2,4-6,8,10,12-13,17H,3,7,9,11H2,1H3. The van der Waals surface area contributed by atoms with Crippen molar-refractivity contribution in [3.63, 3.8) is 0 Å². The summed E-state index contributed by atoms with van der Waals surface area (Å²) in [4.78, 5) is 0. The molecule has 0 aliphatic rings. The fourth-order valence-corrected chi connectivity index (χ4v) is 2.11. The van der Waals surface area contributed by atoms with Gasteiger partial charge in [0, 0.05) is 25.0 Å². The Balaban J connectivity index is 1.65. The van der Waals surface area contributed by atoms with Gasteiger partial charge >= 0.3 is 0 Å². The minimum Gasteiger partial charge on any atom is -0.314 e. The third kappa shape index (κ3) is 4.83. The number of hydrogen-bond acceptors (Lipinski definition) is 2. The second kappa shape index (κ2) is 7.04. The van der Waals surface area contributed by atoms with Crippen LogP contribution in [0.25, 0.3) is 0 Å². The van der Waals surface area contributed by atoms with Gasteiger partial charge in [-0.15, -0.1) is 0 Å². The van der Waals surface area contributed by atoms with Crippen molar-refractivity contribution in [3.8, 4) is 0 Å². The molecule has 0 bridgehead atoms. The average Bonchev–Trinajstić information content (AvgIpc) is 2.88. The average molecular weight is 261 g/mol. The molecule has 0 amide bonds. The summed E-state index contributed by atoms with van der Waals surface area (Å²) in [6, 6.07) is 9.08. The summed E-state index contributed by atoms with van der Waals surface area (Å²) in [6.07, 6.45) is 5.64. The topological polar surface area (TPSA) is 29.9 Å². The third-order valence-corrected chi connectivity index (χ3v) is 3.05. The highest BCUT2D eigenvalue weighted by atomic mass is 19.1. The minimum atomic E-state index is -0.164. The Morgan fingerprint density at radius 2 is 2.26 bits per heavy atom. The lowest BCUT2D eigenvalue weighted by atomic mass is 10.1. The molecule has 0 aliphatic heterocycles. The molecule has 0 fully saturated rings. The first-order valence-corrected chi connectivity index (χ1v) is 6.69. The first-order chi connectivity index (χ1) is 9.24. The van der Waals surface area contributed by atoms with E-state index in [2.05, 4.69) is 17.3 Å². The summed E-state index contributed by atoms with van der Waals surface area (Å²) in [6.45, 7) is 3.99. The fourth-order valence-electron chi connectivity index (χ4n) is 2.11. The van der Waals surface area contributed by atoms with Crippen LogP contribution in [-0.4, -0.2) is 22.4 Å². The summed E-state index contributed by atoms with van der Waals surface area (Å²) in [5.41, 5.74) is 1.03. The molecule has 0 saturated heterocycles. The minimum absolute atomic E-state index is 0.164. The highest BCUT2D eigenvalue weighted by molar-refractivity contribution is 5.17. The van der Waals surface area contributed by atoms with E-state index in [1.165, 1.54) is 6.07 Å². The van der Waals surface area contributed by atoms with Crippen LogP contribution in [-0.2, 0) is 13.0 Å². The van der Waals surface area contributed by atoms with Crippen molar-refractivity contribution in [3.05, 3.63) is 54.1 Å². The molecule has 0 spiro atoms. The van der Waals surface area contributed by atoms with Crippen LogP contribution in [0.2, 0.25) is 0 Å². The number of nitrogens with one attached hydrogen (secondary N) is 1. The fraction of sp³-hybridized carbons (Fsp3) is 0.400. The lowest BCUT2D eigenvalue weighted by molar-refractivity contribution is 0.494. The highest BCUT2D eigenvalue weighted by Crippen LogP contribution is 2.06. The predicted molar refractivity (Wildman–Crippen MR) is 74.4 cm³/mol. The van der Waals surface area contributed by atoms with Crippen LogP contribution >= 0.6 is 0 Å². The molecule has 1 N–H and O–H groups in total. The maximum atomic E-state index is 13.1. The Morgan fingerprint density at radius 1 is 1.37 bits per heavy atom. The number of rotatable bonds is 7. The first-order valence-electron chi connectivity index (χ1n) is 6.69. The van der Waals surface area contributed by atoms with E-state index >= 15 is 0 Å². The smallest absolute Gasteiger partial charge is 0.123 e. The Bertz CT molecular complexity index is 482. The van der Waals surface area contributed by atoms with Gasteiger partial charge in [0.1, 0.15) is 5.82 Å². The van der Waals surface area contributed by atoms with Crippen molar-refractivity contribution in [2.24, 2.45) is 0 Å². The van der Waals surface area contributed by atoms with E-state index in [1.807, 2.05) is 23.0 Å². The molecule has 19 heavy (non-hydrogen) atoms. The van der Waals surface area contributed by atoms with Crippen LogP contribution < -0.4 is 5.32 Å². The van der Waals surface area contributed by atoms with E-state index < -0.39 is 0 Å². The monoisotopic (exact) mass is 261 g/mol. The zero-order chi connectivity index (χ0) is 13.5. The number of nitrogens with zero attached hydrogens (tertiary/aromatic N) is 2. The van der Waals surface area contributed by atoms with Crippen molar-refractivity contribution in [1.29, 1.82) is 0 Å². The van der Waals surface area contributed by atoms with E-state index in [9.17, 15) is 4.39 Å². The Kier molecular flexibility index (Phi) is 5.10. The van der Waals surface area contributed by atoms with Crippen molar-refractivity contribution in [2.75, 3.05) is 6.54 Å². The summed E-state index contributed by atoms with van der Waals surface area (Å²) in [5, 5.41) is 7.61. The van der Waals surface area contributed by atoms with Crippen LogP contribution in [0.1, 0.15) is 18.9 Å². The highest BCUT2D eigenvalue weighted by Gasteiger charge is 2.03. The van der Waals surface area contributed by atoms with Gasteiger partial charge in [0.05, 0.1) is 0 Å². The molecule has 0 saturated carbocycles. The molecular formula is C15H20FN3. The molecule has 1 unspecified atom stereocenters. The number of halogens is 1. The third-order valence-electron chi connectivity index (χ3n) is 3.05. The largest absolute Gasteiger partial charge is 0.314 e. The van der Waals surface area contributed by atoms with E-state index in [4.69, 9.17) is 0 Å². The molecule has 2 rings (SSSR count). The van der Waals surface area contributed by atoms with Crippen molar-refractivity contribution < 1.29 is 4.39 Å². The van der Waals surface area contributed by atoms with Gasteiger partial charge in [-0.1, -0.05) is 12.1 Å². The first kappa shape index (κ1) is 13.7. The molecule has 4 heteroatoms. The Morgan fingerprint density at radius 3 is 3.00 bits per heavy atom. The molecule has 1 heterocycles. The SMILES string of the molecule is CC(Cc1cccc(F)c1)NCCCn1cccn1. The number of aromatic nitrogens is 2. The molecule has 1 aromatic heterocycles. The molecule has 1 atom stereocenters. The maximum absolute atomic E-state index is 13.1. The van der Waals surface area contributed by atoms with Crippen LogP contribution in [0, 0.1) is 5.82 Å². The summed E-state index contributed by atoms with van der Waals surface area (Å²) < 4.78 is 15.0. The van der Waals surface area contributed by atoms with Crippen LogP contribution in [0.15, 0.2) is 42.7 Å². The van der Waals surface area contributed by atoms with Crippen molar-refractivity contribution in [1.82, 2.24) is 15.1 Å². The lowest BCUT2D eigenvalue weighted by Gasteiger charge is -2.14. The van der Waals surface area contributed by atoms with Gasteiger partial charge in [-0.25, -0.2) is 4.39 Å². The molecule has 0 aliphatic carbocycles. The van der Waals surface area contributed by atoms with Gasteiger partial charge in [-0.05, 0) is 50.1 Å². The molecular weight excluding hydrogens is 241 g/mol. The molecule has 2 aromatic rings. The van der Waals surface area contributed by atoms with Crippen LogP contribution in [0.5, 0.6) is 0 Å². The van der Waals surface area contributed by atoms with Gasteiger partial charge in [0.25, 0.3) is 0 Å². The van der Waals surface area contributed by atoms with Gasteiger partial charge in [0.15, 0.2) is 0 Å². The zero-order valence-electron chi connectivity index (χ0n) is 11.2. The predicted octanol–water partition coefficient (Wildman–Crippen LogP) is 2.63. The van der Waals surface area contributed by atoms with Crippen molar-refractivity contribution in [2.45, 2.75) is 32.4 Å². The normalized spacial score (nSPS) is 12.5. The van der Waals surface area contributed by atoms with Crippen LogP contribution in [0.4, 0.5) is 4.39 Å². The van der Waals surface area contributed by atoms with Crippen molar-refractivity contribution >= 4 is 0 Å². The summed E-state index contributed by atoms with van der Waals surface area (Å²) in [5.74, 6) is -0.164. The number of benzene rings is 1. The molecule has 0 radical (unpaired) electrons. The molecule has 102 valence electrons. The van der Waals surface area contributed by atoms with E-state index in [0.29, 0.717) is 6.04 Å². The van der Waals surface area contributed by atoms with Gasteiger partial charge < -0.3 is 5.32 Å². The summed E-state index contributed by atoms with van der Waals surface area (Å²) >= 11 is 0. The quantitative estimate of drug-likeness (QED) is 0.776. The number of hydrogen-bond donors (Lipinski definition) is 1. The molecule has 3 nitrogen and oxygen atoms in total. The van der Waals surface area contributed by atoms with Gasteiger partial charge in [-0.3, -0.25) is 4.68 Å². The zero-order valence-corrected chi connectivity index (χ0v) is 11.2. The second-order valence-corrected chi connectivity index (χ2v) is 4.81. The lowest BCUT2D eigenvalue weighted by Crippen LogP contribution is -2.29. The molecule has 1 aromatic carbocycles. The van der Waals surface area contributed by atoms with E-state index in [-0.39, 0.29) is 5.82 Å². The van der Waals surface area contributed by atoms with E-state index in [1.54, 1.807) is 18.3 Å². The van der Waals surface area contributed by atoms with E-state index in [0.717, 1.165) is 31.5 Å². The van der Waals surface area contributed by atoms with Gasteiger partial charge in [0.2, 0.25) is 0 Å². The second-order valence-electron chi connectivity index (χ2n) is 4.81. The Hall–Kier alpha value is -1.68. The Labute approximate surface area is 113 Å². The summed E-state index contributed by atoms with van der Waals surface area (Å²) in [7, 11) is 0. The van der Waals surface area contributed by atoms with Crippen LogP contribution in [0.3, 0.4) is 0 Å². The maximum Gasteiger partial charge on any atom is 0.123 e. The number of aryl methyl sites for hydroxylation is 1. The van der Waals surface area contributed by atoms with Gasteiger partial charge in [-0.2, -0.15) is 5.10 Å².